The average molecular weight is 304 g/mol. The van der Waals surface area contributed by atoms with E-state index in [-0.39, 0.29) is 5.43 Å². The van der Waals surface area contributed by atoms with Gasteiger partial charge in [-0.1, -0.05) is 30.3 Å². The van der Waals surface area contributed by atoms with Gasteiger partial charge in [-0.05, 0) is 29.0 Å². The van der Waals surface area contributed by atoms with E-state index in [1.54, 1.807) is 24.3 Å². The van der Waals surface area contributed by atoms with Crippen LogP contribution in [0.1, 0.15) is 6.92 Å². The van der Waals surface area contributed by atoms with Crippen molar-refractivity contribution >= 4 is 38.7 Å². The third-order valence-electron chi connectivity index (χ3n) is 3.80. The van der Waals surface area contributed by atoms with Crippen molar-refractivity contribution in [2.75, 3.05) is 0 Å². The maximum absolute atomic E-state index is 12.9. The Morgan fingerprint density at radius 1 is 0.957 bits per heavy atom. The molecule has 3 aromatic carbocycles. The standard InChI is InChI=1S/C19H12O4/c1-11(20)22-13-7-8-15-17(10-13)23-16-9-6-12-4-2-3-5-14(12)18(16)19(15)21/h2-10H,1H3. The fraction of sp³-hybridized carbons (Fsp3) is 0.0526. The molecule has 0 N–H and O–H groups in total. The van der Waals surface area contributed by atoms with Gasteiger partial charge in [0.25, 0.3) is 0 Å². The molecule has 0 saturated heterocycles. The van der Waals surface area contributed by atoms with E-state index in [9.17, 15) is 9.59 Å². The van der Waals surface area contributed by atoms with E-state index in [4.69, 9.17) is 9.15 Å². The Morgan fingerprint density at radius 3 is 2.61 bits per heavy atom. The van der Waals surface area contributed by atoms with Crippen LogP contribution in [-0.4, -0.2) is 5.97 Å². The van der Waals surface area contributed by atoms with Gasteiger partial charge in [-0.2, -0.15) is 0 Å². The number of ether oxygens (including phenoxy) is 1. The van der Waals surface area contributed by atoms with E-state index in [0.717, 1.165) is 10.8 Å². The van der Waals surface area contributed by atoms with Crippen molar-refractivity contribution in [1.82, 2.24) is 0 Å². The summed E-state index contributed by atoms with van der Waals surface area (Å²) >= 11 is 0. The largest absolute Gasteiger partial charge is 0.456 e. The van der Waals surface area contributed by atoms with Crippen LogP contribution in [-0.2, 0) is 4.79 Å². The molecule has 4 rings (SSSR count). The summed E-state index contributed by atoms with van der Waals surface area (Å²) in [4.78, 5) is 23.9. The molecule has 4 heteroatoms. The van der Waals surface area contributed by atoms with E-state index in [1.165, 1.54) is 6.92 Å². The van der Waals surface area contributed by atoms with Crippen LogP contribution in [0.4, 0.5) is 0 Å². The summed E-state index contributed by atoms with van der Waals surface area (Å²) in [5, 5.41) is 2.88. The Balaban J connectivity index is 2.10. The lowest BCUT2D eigenvalue weighted by molar-refractivity contribution is -0.131. The molecule has 0 spiro atoms. The number of rotatable bonds is 1. The van der Waals surface area contributed by atoms with Gasteiger partial charge < -0.3 is 9.15 Å². The molecule has 0 saturated carbocycles. The summed E-state index contributed by atoms with van der Waals surface area (Å²) in [7, 11) is 0. The van der Waals surface area contributed by atoms with Crippen molar-refractivity contribution < 1.29 is 13.9 Å². The molecule has 0 radical (unpaired) electrons. The average Bonchev–Trinajstić information content (AvgIpc) is 2.53. The van der Waals surface area contributed by atoms with Crippen molar-refractivity contribution in [2.24, 2.45) is 0 Å². The molecule has 4 aromatic rings. The zero-order valence-electron chi connectivity index (χ0n) is 12.3. The first-order valence-electron chi connectivity index (χ1n) is 7.20. The summed E-state index contributed by atoms with van der Waals surface area (Å²) in [6.45, 7) is 1.33. The Kier molecular flexibility index (Phi) is 2.91. The van der Waals surface area contributed by atoms with Gasteiger partial charge in [-0.3, -0.25) is 9.59 Å². The predicted molar refractivity (Wildman–Crippen MR) is 88.8 cm³/mol. The fourth-order valence-corrected chi connectivity index (χ4v) is 2.83. The summed E-state index contributed by atoms with van der Waals surface area (Å²) in [6.07, 6.45) is 0. The molecule has 0 amide bonds. The molecule has 0 bridgehead atoms. The molecule has 112 valence electrons. The van der Waals surface area contributed by atoms with Gasteiger partial charge in [0.1, 0.15) is 16.9 Å². The number of hydrogen-bond donors (Lipinski definition) is 0. The second kappa shape index (κ2) is 4.95. The third kappa shape index (κ3) is 2.16. The molecule has 0 atom stereocenters. The minimum Gasteiger partial charge on any atom is -0.456 e. The second-order valence-corrected chi connectivity index (χ2v) is 5.34. The highest BCUT2D eigenvalue weighted by molar-refractivity contribution is 6.08. The van der Waals surface area contributed by atoms with Gasteiger partial charge in [-0.25, -0.2) is 0 Å². The SMILES string of the molecule is CC(=O)Oc1ccc2c(=O)c3c(ccc4ccccc43)oc2c1. The first-order valence-corrected chi connectivity index (χ1v) is 7.20. The van der Waals surface area contributed by atoms with Gasteiger partial charge in [0.2, 0.25) is 5.43 Å². The van der Waals surface area contributed by atoms with Gasteiger partial charge in [0, 0.05) is 13.0 Å². The highest BCUT2D eigenvalue weighted by Gasteiger charge is 2.12. The van der Waals surface area contributed by atoms with Crippen molar-refractivity contribution in [1.29, 1.82) is 0 Å². The Hall–Kier alpha value is -3.14. The molecule has 4 nitrogen and oxygen atoms in total. The van der Waals surface area contributed by atoms with Gasteiger partial charge in [0.05, 0.1) is 10.8 Å². The summed E-state index contributed by atoms with van der Waals surface area (Å²) in [6, 6.07) is 16.2. The van der Waals surface area contributed by atoms with Crippen LogP contribution in [0.5, 0.6) is 5.75 Å². The van der Waals surface area contributed by atoms with Crippen molar-refractivity contribution in [3.05, 3.63) is 64.8 Å². The molecule has 1 heterocycles. The van der Waals surface area contributed by atoms with Crippen LogP contribution in [0.25, 0.3) is 32.7 Å². The number of fused-ring (bicyclic) bond motifs is 4. The zero-order chi connectivity index (χ0) is 16.0. The van der Waals surface area contributed by atoms with Gasteiger partial charge in [-0.15, -0.1) is 0 Å². The summed E-state index contributed by atoms with van der Waals surface area (Å²) in [5.41, 5.74) is 0.824. The predicted octanol–water partition coefficient (Wildman–Crippen LogP) is 4.02. The van der Waals surface area contributed by atoms with Gasteiger partial charge in [0.15, 0.2) is 0 Å². The molecule has 1 aromatic heterocycles. The number of carbonyl (C=O) groups is 1. The number of benzene rings is 3. The highest BCUT2D eigenvalue weighted by atomic mass is 16.5. The minimum atomic E-state index is -0.418. The topological polar surface area (TPSA) is 56.5 Å². The van der Waals surface area contributed by atoms with E-state index < -0.39 is 5.97 Å². The van der Waals surface area contributed by atoms with Crippen LogP contribution in [0, 0.1) is 0 Å². The Labute approximate surface area is 130 Å². The minimum absolute atomic E-state index is 0.0903. The molecule has 0 aliphatic carbocycles. The second-order valence-electron chi connectivity index (χ2n) is 5.34. The van der Waals surface area contributed by atoms with Crippen LogP contribution < -0.4 is 10.2 Å². The van der Waals surface area contributed by atoms with Crippen LogP contribution >= 0.6 is 0 Å². The summed E-state index contributed by atoms with van der Waals surface area (Å²) < 4.78 is 10.9. The van der Waals surface area contributed by atoms with Crippen molar-refractivity contribution in [2.45, 2.75) is 6.92 Å². The molecular weight excluding hydrogens is 292 g/mol. The maximum atomic E-state index is 12.9. The normalized spacial score (nSPS) is 11.2. The fourth-order valence-electron chi connectivity index (χ4n) is 2.83. The smallest absolute Gasteiger partial charge is 0.308 e. The van der Waals surface area contributed by atoms with Crippen LogP contribution in [0.3, 0.4) is 0 Å². The first-order chi connectivity index (χ1) is 11.1. The zero-order valence-corrected chi connectivity index (χ0v) is 12.3. The van der Waals surface area contributed by atoms with E-state index in [1.807, 2.05) is 30.3 Å². The first kappa shape index (κ1) is 13.5. The Bertz CT molecular complexity index is 1140. The number of hydrogen-bond acceptors (Lipinski definition) is 4. The van der Waals surface area contributed by atoms with Crippen molar-refractivity contribution in [3.63, 3.8) is 0 Å². The lowest BCUT2D eigenvalue weighted by Gasteiger charge is -2.06. The van der Waals surface area contributed by atoms with E-state index >= 15 is 0 Å². The third-order valence-corrected chi connectivity index (χ3v) is 3.80. The number of esters is 1. The highest BCUT2D eigenvalue weighted by Crippen LogP contribution is 2.27. The molecule has 0 unspecified atom stereocenters. The van der Waals surface area contributed by atoms with Crippen LogP contribution in [0.15, 0.2) is 63.8 Å². The van der Waals surface area contributed by atoms with E-state index in [2.05, 4.69) is 0 Å². The quantitative estimate of drug-likeness (QED) is 0.231. The Morgan fingerprint density at radius 2 is 1.78 bits per heavy atom. The lowest BCUT2D eigenvalue weighted by atomic mass is 10.0. The van der Waals surface area contributed by atoms with E-state index in [0.29, 0.717) is 27.7 Å². The molecular formula is C19H12O4. The van der Waals surface area contributed by atoms with Gasteiger partial charge >= 0.3 is 5.97 Å². The van der Waals surface area contributed by atoms with Crippen LogP contribution in [0.2, 0.25) is 0 Å². The molecule has 0 aliphatic heterocycles. The summed E-state index contributed by atoms with van der Waals surface area (Å²) in [5.74, 6) is -0.0632. The number of carbonyl (C=O) groups excluding carboxylic acids is 1. The maximum Gasteiger partial charge on any atom is 0.308 e. The molecule has 0 fully saturated rings. The molecule has 23 heavy (non-hydrogen) atoms. The van der Waals surface area contributed by atoms with Crippen molar-refractivity contribution in [3.8, 4) is 5.75 Å². The lowest BCUT2D eigenvalue weighted by Crippen LogP contribution is -2.04. The monoisotopic (exact) mass is 304 g/mol. The molecule has 0 aliphatic rings.